The lowest BCUT2D eigenvalue weighted by molar-refractivity contribution is 0.0499. The first-order chi connectivity index (χ1) is 15.6. The van der Waals surface area contributed by atoms with Crippen molar-refractivity contribution in [1.82, 2.24) is 0 Å². The van der Waals surface area contributed by atoms with E-state index in [9.17, 15) is 9.59 Å². The van der Waals surface area contributed by atoms with E-state index in [2.05, 4.69) is 4.99 Å². The summed E-state index contributed by atoms with van der Waals surface area (Å²) in [5.41, 5.74) is 2.40. The Labute approximate surface area is 187 Å². The molecule has 0 aromatic heterocycles. The van der Waals surface area contributed by atoms with E-state index in [1.54, 1.807) is 72.9 Å². The average Bonchev–Trinajstić information content (AvgIpc) is 2.84. The van der Waals surface area contributed by atoms with Gasteiger partial charge in [-0.2, -0.15) is 0 Å². The van der Waals surface area contributed by atoms with Gasteiger partial charge in [-0.05, 0) is 66.6 Å². The molecule has 0 spiro atoms. The Morgan fingerprint density at radius 2 is 1.59 bits per heavy atom. The number of unbranched alkanes of at least 4 members (excludes halogenated alkanes) is 1. The summed E-state index contributed by atoms with van der Waals surface area (Å²) in [7, 11) is 1.51. The summed E-state index contributed by atoms with van der Waals surface area (Å²) in [6.07, 6.45) is 3.49. The highest BCUT2D eigenvalue weighted by atomic mass is 16.6. The summed E-state index contributed by atoms with van der Waals surface area (Å²) >= 11 is 0. The molecule has 0 heterocycles. The molecule has 0 saturated heterocycles. The van der Waals surface area contributed by atoms with E-state index in [-0.39, 0.29) is 5.97 Å². The smallest absolute Gasteiger partial charge is 0.343 e. The second kappa shape index (κ2) is 11.5. The van der Waals surface area contributed by atoms with Gasteiger partial charge in [0.15, 0.2) is 11.5 Å². The zero-order valence-corrected chi connectivity index (χ0v) is 18.1. The number of hydrogen-bond donors (Lipinski definition) is 0. The predicted octanol–water partition coefficient (Wildman–Crippen LogP) is 5.62. The molecular weight excluding hydrogens is 406 g/mol. The third-order valence-corrected chi connectivity index (χ3v) is 4.60. The fraction of sp³-hybridized carbons (Fsp3) is 0.192. The number of carbonyl (C=O) groups excluding carboxylic acids is 2. The Kier molecular flexibility index (Phi) is 8.15. The van der Waals surface area contributed by atoms with Gasteiger partial charge >= 0.3 is 11.9 Å². The number of rotatable bonds is 9. The van der Waals surface area contributed by atoms with Crippen molar-refractivity contribution in [1.29, 1.82) is 0 Å². The summed E-state index contributed by atoms with van der Waals surface area (Å²) in [6, 6.07) is 20.8. The van der Waals surface area contributed by atoms with Gasteiger partial charge < -0.3 is 14.2 Å². The molecular formula is C26H25NO5. The van der Waals surface area contributed by atoms with Crippen molar-refractivity contribution >= 4 is 23.8 Å². The lowest BCUT2D eigenvalue weighted by atomic mass is 10.2. The molecule has 164 valence electrons. The van der Waals surface area contributed by atoms with Crippen LogP contribution in [-0.4, -0.2) is 31.9 Å². The minimum Gasteiger partial charge on any atom is -0.493 e. The zero-order valence-electron chi connectivity index (χ0n) is 18.1. The fourth-order valence-electron chi connectivity index (χ4n) is 2.81. The van der Waals surface area contributed by atoms with Crippen molar-refractivity contribution in [2.45, 2.75) is 19.8 Å². The highest BCUT2D eigenvalue weighted by Gasteiger charge is 2.12. The van der Waals surface area contributed by atoms with E-state index in [0.717, 1.165) is 18.4 Å². The third kappa shape index (κ3) is 6.28. The van der Waals surface area contributed by atoms with Gasteiger partial charge in [0, 0.05) is 6.21 Å². The Balaban J connectivity index is 1.66. The van der Waals surface area contributed by atoms with E-state index >= 15 is 0 Å². The first-order valence-electron chi connectivity index (χ1n) is 10.4. The van der Waals surface area contributed by atoms with Crippen molar-refractivity contribution < 1.29 is 23.8 Å². The molecule has 0 N–H and O–H groups in total. The normalized spacial score (nSPS) is 10.7. The molecule has 0 amide bonds. The number of esters is 2. The van der Waals surface area contributed by atoms with Crippen LogP contribution < -0.4 is 9.47 Å². The highest BCUT2D eigenvalue weighted by molar-refractivity contribution is 5.92. The average molecular weight is 431 g/mol. The van der Waals surface area contributed by atoms with Crippen molar-refractivity contribution in [3.63, 3.8) is 0 Å². The fourth-order valence-corrected chi connectivity index (χ4v) is 2.81. The van der Waals surface area contributed by atoms with Gasteiger partial charge in [-0.3, -0.25) is 4.99 Å². The van der Waals surface area contributed by atoms with Crippen LogP contribution in [0.4, 0.5) is 5.69 Å². The lowest BCUT2D eigenvalue weighted by Gasteiger charge is -2.10. The second-order valence-electron chi connectivity index (χ2n) is 6.96. The van der Waals surface area contributed by atoms with Gasteiger partial charge in [-0.15, -0.1) is 0 Å². The van der Waals surface area contributed by atoms with Crippen molar-refractivity contribution in [3.05, 3.63) is 89.5 Å². The van der Waals surface area contributed by atoms with Crippen LogP contribution >= 0.6 is 0 Å². The Hall–Kier alpha value is -3.93. The standard InChI is InChI=1S/C26H25NO5/c1-3-4-16-31-25(28)21-11-13-22(14-12-21)27-18-19-10-15-23(24(17-19)30-2)32-26(29)20-8-6-5-7-9-20/h5-15,17-18H,3-4,16H2,1-2H3. The van der Waals surface area contributed by atoms with Crippen LogP contribution in [0.2, 0.25) is 0 Å². The van der Waals surface area contributed by atoms with Gasteiger partial charge in [-0.1, -0.05) is 31.5 Å². The van der Waals surface area contributed by atoms with Gasteiger partial charge in [-0.25, -0.2) is 9.59 Å². The molecule has 0 fully saturated rings. The summed E-state index contributed by atoms with van der Waals surface area (Å²) in [5.74, 6) is -0.0502. The molecule has 6 nitrogen and oxygen atoms in total. The van der Waals surface area contributed by atoms with Gasteiger partial charge in [0.25, 0.3) is 0 Å². The van der Waals surface area contributed by atoms with Crippen LogP contribution in [0.15, 0.2) is 77.8 Å². The van der Waals surface area contributed by atoms with E-state index < -0.39 is 5.97 Å². The molecule has 32 heavy (non-hydrogen) atoms. The van der Waals surface area contributed by atoms with Crippen LogP contribution in [-0.2, 0) is 4.74 Å². The quantitative estimate of drug-likeness (QED) is 0.190. The molecule has 0 radical (unpaired) electrons. The van der Waals surface area contributed by atoms with Gasteiger partial charge in [0.05, 0.1) is 30.5 Å². The topological polar surface area (TPSA) is 74.2 Å². The Morgan fingerprint density at radius 3 is 2.28 bits per heavy atom. The Morgan fingerprint density at radius 1 is 0.875 bits per heavy atom. The largest absolute Gasteiger partial charge is 0.493 e. The molecule has 3 aromatic carbocycles. The maximum absolute atomic E-state index is 12.3. The monoisotopic (exact) mass is 431 g/mol. The first-order valence-corrected chi connectivity index (χ1v) is 10.4. The molecule has 0 atom stereocenters. The molecule has 3 rings (SSSR count). The third-order valence-electron chi connectivity index (χ3n) is 4.60. The SMILES string of the molecule is CCCCOC(=O)c1ccc(N=Cc2ccc(OC(=O)c3ccccc3)c(OC)c2)cc1. The van der Waals surface area contributed by atoms with Crippen molar-refractivity contribution in [2.75, 3.05) is 13.7 Å². The summed E-state index contributed by atoms with van der Waals surface area (Å²) < 4.78 is 16.0. The minimum absolute atomic E-state index is 0.324. The van der Waals surface area contributed by atoms with Crippen molar-refractivity contribution in [2.24, 2.45) is 4.99 Å². The van der Waals surface area contributed by atoms with E-state index in [0.29, 0.717) is 34.9 Å². The second-order valence-corrected chi connectivity index (χ2v) is 6.96. The first kappa shape index (κ1) is 22.7. The van der Waals surface area contributed by atoms with E-state index in [1.807, 2.05) is 13.0 Å². The summed E-state index contributed by atoms with van der Waals surface area (Å²) in [5, 5.41) is 0. The number of aliphatic imine (C=N–C) groups is 1. The number of hydrogen-bond acceptors (Lipinski definition) is 6. The van der Waals surface area contributed by atoms with Crippen LogP contribution in [0.1, 0.15) is 46.0 Å². The lowest BCUT2D eigenvalue weighted by Crippen LogP contribution is -2.09. The number of benzene rings is 3. The molecule has 6 heteroatoms. The minimum atomic E-state index is -0.460. The molecule has 0 aliphatic carbocycles. The summed E-state index contributed by atoms with van der Waals surface area (Å²) in [6.45, 7) is 2.47. The summed E-state index contributed by atoms with van der Waals surface area (Å²) in [4.78, 5) is 28.7. The van der Waals surface area contributed by atoms with Crippen molar-refractivity contribution in [3.8, 4) is 11.5 Å². The van der Waals surface area contributed by atoms with Gasteiger partial charge in [0.2, 0.25) is 0 Å². The number of ether oxygens (including phenoxy) is 3. The number of nitrogens with zero attached hydrogens (tertiary/aromatic N) is 1. The maximum atomic E-state index is 12.3. The van der Waals surface area contributed by atoms with Crippen LogP contribution in [0, 0.1) is 0 Å². The molecule has 0 aliphatic heterocycles. The van der Waals surface area contributed by atoms with Crippen LogP contribution in [0.5, 0.6) is 11.5 Å². The molecule has 0 aliphatic rings. The number of methoxy groups -OCH3 is 1. The molecule has 3 aromatic rings. The Bertz CT molecular complexity index is 1080. The highest BCUT2D eigenvalue weighted by Crippen LogP contribution is 2.28. The number of carbonyl (C=O) groups is 2. The van der Waals surface area contributed by atoms with Crippen LogP contribution in [0.3, 0.4) is 0 Å². The molecule has 0 unspecified atom stereocenters. The van der Waals surface area contributed by atoms with E-state index in [1.165, 1.54) is 7.11 Å². The zero-order chi connectivity index (χ0) is 22.8. The predicted molar refractivity (Wildman–Crippen MR) is 123 cm³/mol. The molecule has 0 bridgehead atoms. The molecule has 0 saturated carbocycles. The van der Waals surface area contributed by atoms with Gasteiger partial charge in [0.1, 0.15) is 0 Å². The maximum Gasteiger partial charge on any atom is 0.343 e. The van der Waals surface area contributed by atoms with E-state index in [4.69, 9.17) is 14.2 Å². The van der Waals surface area contributed by atoms with Crippen LogP contribution in [0.25, 0.3) is 0 Å².